The van der Waals surface area contributed by atoms with Gasteiger partial charge < -0.3 is 0 Å². The lowest BCUT2D eigenvalue weighted by Gasteiger charge is -2.18. The van der Waals surface area contributed by atoms with Crippen molar-refractivity contribution in [2.24, 2.45) is 5.84 Å². The predicted octanol–water partition coefficient (Wildman–Crippen LogP) is 3.40. The van der Waals surface area contributed by atoms with E-state index in [1.807, 2.05) is 0 Å². The number of benzene rings is 2. The van der Waals surface area contributed by atoms with Crippen LogP contribution in [0, 0.1) is 11.6 Å². The normalized spacial score (nSPS) is 9.59. The van der Waals surface area contributed by atoms with E-state index in [4.69, 9.17) is 5.84 Å². The van der Waals surface area contributed by atoms with Crippen LogP contribution in [0.1, 0.15) is 0 Å². The van der Waals surface area contributed by atoms with Crippen LogP contribution in [0.4, 0.5) is 20.2 Å². The molecule has 17 heavy (non-hydrogen) atoms. The first kappa shape index (κ1) is 13.4. The maximum absolute atomic E-state index is 12.7. The quantitative estimate of drug-likeness (QED) is 0.659. The Balaban J connectivity index is 0.00000144. The molecule has 0 radical (unpaired) electrons. The third kappa shape index (κ3) is 3.15. The topological polar surface area (TPSA) is 29.3 Å². The van der Waals surface area contributed by atoms with Crippen molar-refractivity contribution >= 4 is 23.8 Å². The molecule has 2 nitrogen and oxygen atoms in total. The number of halogens is 3. The van der Waals surface area contributed by atoms with Crippen molar-refractivity contribution in [1.29, 1.82) is 0 Å². The Labute approximate surface area is 104 Å². The van der Waals surface area contributed by atoms with Gasteiger partial charge in [0.25, 0.3) is 0 Å². The van der Waals surface area contributed by atoms with E-state index < -0.39 is 0 Å². The van der Waals surface area contributed by atoms with Crippen molar-refractivity contribution in [1.82, 2.24) is 0 Å². The van der Waals surface area contributed by atoms with Crippen LogP contribution in [-0.2, 0) is 0 Å². The minimum absolute atomic E-state index is 0. The zero-order valence-electron chi connectivity index (χ0n) is 8.81. The van der Waals surface area contributed by atoms with Gasteiger partial charge in [-0.2, -0.15) is 0 Å². The summed E-state index contributed by atoms with van der Waals surface area (Å²) in [5, 5.41) is 1.36. The van der Waals surface area contributed by atoms with E-state index in [0.717, 1.165) is 0 Å². The average molecular weight is 257 g/mol. The zero-order valence-corrected chi connectivity index (χ0v) is 9.62. The van der Waals surface area contributed by atoms with Gasteiger partial charge in [0.15, 0.2) is 0 Å². The van der Waals surface area contributed by atoms with Crippen molar-refractivity contribution in [2.45, 2.75) is 0 Å². The second-order valence-corrected chi connectivity index (χ2v) is 3.32. The molecule has 5 heteroatoms. The van der Waals surface area contributed by atoms with Gasteiger partial charge in [0, 0.05) is 0 Å². The summed E-state index contributed by atoms with van der Waals surface area (Å²) >= 11 is 0. The van der Waals surface area contributed by atoms with Crippen LogP contribution >= 0.6 is 12.4 Å². The summed E-state index contributed by atoms with van der Waals surface area (Å²) in [4.78, 5) is 0. The lowest BCUT2D eigenvalue weighted by Crippen LogP contribution is -2.24. The summed E-state index contributed by atoms with van der Waals surface area (Å²) in [6.07, 6.45) is 0. The summed E-state index contributed by atoms with van der Waals surface area (Å²) in [5.41, 5.74) is 1.26. The lowest BCUT2D eigenvalue weighted by molar-refractivity contribution is 0.627. The molecule has 90 valence electrons. The predicted molar refractivity (Wildman–Crippen MR) is 66.4 cm³/mol. The number of anilines is 2. The molecule has 2 aromatic rings. The van der Waals surface area contributed by atoms with Gasteiger partial charge in [-0.05, 0) is 48.5 Å². The highest BCUT2D eigenvalue weighted by Gasteiger charge is 2.04. The van der Waals surface area contributed by atoms with E-state index in [1.165, 1.54) is 29.3 Å². The van der Waals surface area contributed by atoms with E-state index in [9.17, 15) is 8.78 Å². The van der Waals surface area contributed by atoms with Crippen LogP contribution in [0.15, 0.2) is 48.5 Å². The Kier molecular flexibility index (Phi) is 4.43. The van der Waals surface area contributed by atoms with Crippen LogP contribution in [0.5, 0.6) is 0 Å². The first-order valence-electron chi connectivity index (χ1n) is 4.73. The molecule has 2 aromatic carbocycles. The Morgan fingerprint density at radius 3 is 1.29 bits per heavy atom. The van der Waals surface area contributed by atoms with Gasteiger partial charge >= 0.3 is 0 Å². The first-order valence-corrected chi connectivity index (χ1v) is 4.73. The third-order valence-electron chi connectivity index (χ3n) is 2.21. The molecule has 2 rings (SSSR count). The number of nitrogens with zero attached hydrogens (tertiary/aromatic N) is 1. The summed E-state index contributed by atoms with van der Waals surface area (Å²) < 4.78 is 25.4. The molecule has 0 heterocycles. The van der Waals surface area contributed by atoms with Crippen LogP contribution in [0.2, 0.25) is 0 Å². The number of nitrogens with two attached hydrogens (primary N) is 1. The minimum atomic E-state index is -0.323. The second-order valence-electron chi connectivity index (χ2n) is 3.32. The molecule has 0 atom stereocenters. The fourth-order valence-electron chi connectivity index (χ4n) is 1.35. The molecule has 0 unspecified atom stereocenters. The molecule has 0 aliphatic rings. The van der Waals surface area contributed by atoms with E-state index in [1.54, 1.807) is 24.3 Å². The van der Waals surface area contributed by atoms with E-state index >= 15 is 0 Å². The Morgan fingerprint density at radius 1 is 0.706 bits per heavy atom. The molecule has 0 spiro atoms. The van der Waals surface area contributed by atoms with E-state index in [2.05, 4.69) is 0 Å². The van der Waals surface area contributed by atoms with Crippen LogP contribution in [0.25, 0.3) is 0 Å². The number of rotatable bonds is 2. The van der Waals surface area contributed by atoms with Crippen molar-refractivity contribution in [3.8, 4) is 0 Å². The highest BCUT2D eigenvalue weighted by molar-refractivity contribution is 5.85. The molecule has 0 saturated carbocycles. The minimum Gasteiger partial charge on any atom is -0.280 e. The maximum Gasteiger partial charge on any atom is 0.123 e. The van der Waals surface area contributed by atoms with Gasteiger partial charge in [-0.25, -0.2) is 14.6 Å². The first-order chi connectivity index (χ1) is 7.66. The average Bonchev–Trinajstić information content (AvgIpc) is 2.30. The maximum atomic E-state index is 12.7. The molecule has 0 aliphatic carbocycles. The van der Waals surface area contributed by atoms with Gasteiger partial charge in [0.2, 0.25) is 0 Å². The number of hydrogen-bond acceptors (Lipinski definition) is 2. The summed E-state index contributed by atoms with van der Waals surface area (Å²) in [5.74, 6) is 5.16. The largest absolute Gasteiger partial charge is 0.280 e. The fourth-order valence-corrected chi connectivity index (χ4v) is 1.35. The lowest BCUT2D eigenvalue weighted by atomic mass is 10.2. The van der Waals surface area contributed by atoms with Gasteiger partial charge in [0.1, 0.15) is 11.6 Å². The summed E-state index contributed by atoms with van der Waals surface area (Å²) in [6.45, 7) is 0. The molecule has 0 aromatic heterocycles. The molecule has 0 saturated heterocycles. The highest BCUT2D eigenvalue weighted by Crippen LogP contribution is 2.21. The standard InChI is InChI=1S/C12H10F2N2.ClH/c13-9-1-5-11(6-2-9)16(15)12-7-3-10(14)4-8-12;/h1-8H,15H2;1H. The van der Waals surface area contributed by atoms with Gasteiger partial charge in [-0.3, -0.25) is 5.01 Å². The Bertz CT molecular complexity index is 425. The van der Waals surface area contributed by atoms with E-state index in [0.29, 0.717) is 11.4 Å². The second kappa shape index (κ2) is 5.61. The SMILES string of the molecule is Cl.NN(c1ccc(F)cc1)c1ccc(F)cc1. The van der Waals surface area contributed by atoms with Crippen LogP contribution in [0.3, 0.4) is 0 Å². The molecule has 0 amide bonds. The van der Waals surface area contributed by atoms with Gasteiger partial charge in [-0.15, -0.1) is 12.4 Å². The molecule has 2 N–H and O–H groups in total. The van der Waals surface area contributed by atoms with Crippen molar-refractivity contribution < 1.29 is 8.78 Å². The third-order valence-corrected chi connectivity index (χ3v) is 2.21. The summed E-state index contributed by atoms with van der Waals surface area (Å²) in [7, 11) is 0. The molecular weight excluding hydrogens is 246 g/mol. The highest BCUT2D eigenvalue weighted by atomic mass is 35.5. The van der Waals surface area contributed by atoms with Crippen LogP contribution in [-0.4, -0.2) is 0 Å². The fraction of sp³-hybridized carbons (Fsp3) is 0. The molecule has 0 aliphatic heterocycles. The monoisotopic (exact) mass is 256 g/mol. The smallest absolute Gasteiger partial charge is 0.123 e. The van der Waals surface area contributed by atoms with Gasteiger partial charge in [0.05, 0.1) is 11.4 Å². The van der Waals surface area contributed by atoms with Gasteiger partial charge in [-0.1, -0.05) is 0 Å². The van der Waals surface area contributed by atoms with Crippen molar-refractivity contribution in [3.63, 3.8) is 0 Å². The zero-order chi connectivity index (χ0) is 11.5. The van der Waals surface area contributed by atoms with Crippen molar-refractivity contribution in [3.05, 3.63) is 60.2 Å². The van der Waals surface area contributed by atoms with E-state index in [-0.39, 0.29) is 24.0 Å². The number of hydrogen-bond donors (Lipinski definition) is 1. The van der Waals surface area contributed by atoms with Crippen LogP contribution < -0.4 is 10.9 Å². The number of hydrazine groups is 1. The van der Waals surface area contributed by atoms with Crippen molar-refractivity contribution in [2.75, 3.05) is 5.01 Å². The summed E-state index contributed by atoms with van der Waals surface area (Å²) in [6, 6.07) is 11.5. The molecule has 0 bridgehead atoms. The molecular formula is C12H11ClF2N2. The Morgan fingerprint density at radius 2 is 1.00 bits per heavy atom. The molecule has 0 fully saturated rings. The Hall–Kier alpha value is -1.65.